The molecule has 0 spiro atoms. The normalized spacial score (nSPS) is 14.8. The number of rotatable bonds is 7. The second kappa shape index (κ2) is 10.9. The van der Waals surface area contributed by atoms with Gasteiger partial charge in [-0.1, -0.05) is 37.5 Å². The van der Waals surface area contributed by atoms with Gasteiger partial charge in [0.2, 0.25) is 5.91 Å². The molecule has 1 unspecified atom stereocenters. The highest BCUT2D eigenvalue weighted by Gasteiger charge is 2.35. The molecule has 4 rings (SSSR count). The first kappa shape index (κ1) is 23.4. The standard InChI is InChI=1S/C27H28FN3O3/c1-34-23-16-10-19(11-17-23)25(26(32)30-21-7-3-2-4-8-21)31(22-14-12-20(28)13-15-22)27(33)24-9-5-6-18-29-24/h5-6,9-18,21,25H,2-4,7-8H2,1H3,(H,30,32). The zero-order valence-electron chi connectivity index (χ0n) is 19.1. The lowest BCUT2D eigenvalue weighted by molar-refractivity contribution is -0.123. The predicted molar refractivity (Wildman–Crippen MR) is 128 cm³/mol. The highest BCUT2D eigenvalue weighted by atomic mass is 19.1. The molecule has 0 saturated heterocycles. The number of carbonyl (C=O) groups is 2. The van der Waals surface area contributed by atoms with Crippen molar-refractivity contribution < 1.29 is 18.7 Å². The third-order valence-corrected chi connectivity index (χ3v) is 6.10. The summed E-state index contributed by atoms with van der Waals surface area (Å²) >= 11 is 0. The number of carbonyl (C=O) groups excluding carboxylic acids is 2. The van der Waals surface area contributed by atoms with E-state index < -0.39 is 17.8 Å². The van der Waals surface area contributed by atoms with Gasteiger partial charge >= 0.3 is 0 Å². The van der Waals surface area contributed by atoms with Gasteiger partial charge in [0, 0.05) is 17.9 Å². The number of aromatic nitrogens is 1. The van der Waals surface area contributed by atoms with Crippen LogP contribution in [0, 0.1) is 5.82 Å². The molecular weight excluding hydrogens is 433 g/mol. The highest BCUT2D eigenvalue weighted by molar-refractivity contribution is 6.09. The first-order valence-corrected chi connectivity index (χ1v) is 11.5. The van der Waals surface area contributed by atoms with Crippen molar-refractivity contribution in [1.82, 2.24) is 10.3 Å². The van der Waals surface area contributed by atoms with E-state index in [1.165, 1.54) is 35.4 Å². The van der Waals surface area contributed by atoms with Crippen LogP contribution in [-0.2, 0) is 4.79 Å². The molecule has 2 aromatic carbocycles. The Morgan fingerprint density at radius 1 is 1.00 bits per heavy atom. The Morgan fingerprint density at radius 3 is 2.32 bits per heavy atom. The molecule has 7 heteroatoms. The zero-order chi connectivity index (χ0) is 23.9. The zero-order valence-corrected chi connectivity index (χ0v) is 19.1. The Bertz CT molecular complexity index is 1100. The van der Waals surface area contributed by atoms with Crippen molar-refractivity contribution in [2.75, 3.05) is 12.0 Å². The summed E-state index contributed by atoms with van der Waals surface area (Å²) in [5.74, 6) is -0.529. The molecule has 0 aliphatic heterocycles. The molecule has 0 bridgehead atoms. The van der Waals surface area contributed by atoms with E-state index >= 15 is 0 Å². The molecule has 1 aliphatic rings. The van der Waals surface area contributed by atoms with E-state index in [1.807, 2.05) is 0 Å². The lowest BCUT2D eigenvalue weighted by Crippen LogP contribution is -2.47. The Kier molecular flexibility index (Phi) is 7.52. The monoisotopic (exact) mass is 461 g/mol. The summed E-state index contributed by atoms with van der Waals surface area (Å²) in [7, 11) is 1.57. The number of benzene rings is 2. The van der Waals surface area contributed by atoms with E-state index in [1.54, 1.807) is 49.6 Å². The van der Waals surface area contributed by atoms with Gasteiger partial charge in [-0.25, -0.2) is 4.39 Å². The molecule has 34 heavy (non-hydrogen) atoms. The fraction of sp³-hybridized carbons (Fsp3) is 0.296. The minimum atomic E-state index is -0.979. The van der Waals surface area contributed by atoms with Crippen molar-refractivity contribution in [3.63, 3.8) is 0 Å². The summed E-state index contributed by atoms with van der Waals surface area (Å²) in [5, 5.41) is 3.16. The molecule has 176 valence electrons. The molecule has 6 nitrogen and oxygen atoms in total. The predicted octanol–water partition coefficient (Wildman–Crippen LogP) is 5.07. The lowest BCUT2D eigenvalue weighted by atomic mass is 9.94. The number of pyridine rings is 1. The molecular formula is C27H28FN3O3. The molecule has 1 N–H and O–H groups in total. The number of nitrogens with one attached hydrogen (secondary N) is 1. The molecule has 2 amide bonds. The quantitative estimate of drug-likeness (QED) is 0.534. The third-order valence-electron chi connectivity index (χ3n) is 6.10. The fourth-order valence-electron chi connectivity index (χ4n) is 4.33. The van der Waals surface area contributed by atoms with Crippen LogP contribution < -0.4 is 15.0 Å². The molecule has 1 fully saturated rings. The maximum atomic E-state index is 13.8. The van der Waals surface area contributed by atoms with Gasteiger partial charge in [-0.2, -0.15) is 0 Å². The molecule has 1 heterocycles. The number of nitrogens with zero attached hydrogens (tertiary/aromatic N) is 2. The average Bonchev–Trinajstić information content (AvgIpc) is 2.89. The van der Waals surface area contributed by atoms with Gasteiger partial charge in [0.25, 0.3) is 5.91 Å². The van der Waals surface area contributed by atoms with E-state index in [9.17, 15) is 14.0 Å². The molecule has 1 aliphatic carbocycles. The molecule has 1 aromatic heterocycles. The SMILES string of the molecule is COc1ccc(C(C(=O)NC2CCCCC2)N(C(=O)c2ccccn2)c2ccc(F)cc2)cc1. The number of methoxy groups -OCH3 is 1. The molecule has 0 radical (unpaired) electrons. The van der Waals surface area contributed by atoms with Crippen molar-refractivity contribution in [3.05, 3.63) is 90.0 Å². The summed E-state index contributed by atoms with van der Waals surface area (Å²) in [6, 6.07) is 16.7. The number of halogens is 1. The fourth-order valence-corrected chi connectivity index (χ4v) is 4.33. The maximum absolute atomic E-state index is 13.8. The van der Waals surface area contributed by atoms with Gasteiger partial charge in [-0.3, -0.25) is 19.5 Å². The van der Waals surface area contributed by atoms with Gasteiger partial charge in [0.1, 0.15) is 23.3 Å². The van der Waals surface area contributed by atoms with Crippen LogP contribution in [0.1, 0.15) is 54.2 Å². The van der Waals surface area contributed by atoms with Crippen LogP contribution in [0.3, 0.4) is 0 Å². The second-order valence-electron chi connectivity index (χ2n) is 8.39. The van der Waals surface area contributed by atoms with Crippen LogP contribution in [0.4, 0.5) is 10.1 Å². The van der Waals surface area contributed by atoms with Crippen LogP contribution in [0.25, 0.3) is 0 Å². The number of hydrogen-bond donors (Lipinski definition) is 1. The summed E-state index contributed by atoms with van der Waals surface area (Å²) < 4.78 is 19.0. The number of anilines is 1. The summed E-state index contributed by atoms with van der Waals surface area (Å²) in [6.07, 6.45) is 6.63. The second-order valence-corrected chi connectivity index (χ2v) is 8.39. The van der Waals surface area contributed by atoms with E-state index in [-0.39, 0.29) is 17.6 Å². The van der Waals surface area contributed by atoms with E-state index in [0.717, 1.165) is 32.1 Å². The van der Waals surface area contributed by atoms with E-state index in [4.69, 9.17) is 4.74 Å². The van der Waals surface area contributed by atoms with Crippen LogP contribution in [-0.4, -0.2) is 29.9 Å². The van der Waals surface area contributed by atoms with Crippen molar-refractivity contribution in [3.8, 4) is 5.75 Å². The smallest absolute Gasteiger partial charge is 0.277 e. The van der Waals surface area contributed by atoms with Crippen molar-refractivity contribution in [2.45, 2.75) is 44.2 Å². The van der Waals surface area contributed by atoms with Crippen molar-refractivity contribution in [1.29, 1.82) is 0 Å². The van der Waals surface area contributed by atoms with E-state index in [2.05, 4.69) is 10.3 Å². The van der Waals surface area contributed by atoms with Crippen molar-refractivity contribution >= 4 is 17.5 Å². The van der Waals surface area contributed by atoms with Crippen LogP contribution in [0.5, 0.6) is 5.75 Å². The lowest BCUT2D eigenvalue weighted by Gasteiger charge is -2.33. The first-order valence-electron chi connectivity index (χ1n) is 11.5. The highest BCUT2D eigenvalue weighted by Crippen LogP contribution is 2.31. The van der Waals surface area contributed by atoms with Gasteiger partial charge in [-0.05, 0) is 66.9 Å². The minimum absolute atomic E-state index is 0.0574. The van der Waals surface area contributed by atoms with Crippen LogP contribution >= 0.6 is 0 Å². The Balaban J connectivity index is 1.79. The van der Waals surface area contributed by atoms with Gasteiger partial charge in [0.05, 0.1) is 7.11 Å². The van der Waals surface area contributed by atoms with Gasteiger partial charge in [0.15, 0.2) is 0 Å². The van der Waals surface area contributed by atoms with Gasteiger partial charge in [-0.15, -0.1) is 0 Å². The summed E-state index contributed by atoms with van der Waals surface area (Å²) in [6.45, 7) is 0. The average molecular weight is 462 g/mol. The first-order chi connectivity index (χ1) is 16.6. The Hall–Kier alpha value is -3.74. The molecule has 1 atom stereocenters. The maximum Gasteiger partial charge on any atom is 0.277 e. The topological polar surface area (TPSA) is 71.5 Å². The van der Waals surface area contributed by atoms with Crippen LogP contribution in [0.15, 0.2) is 72.9 Å². The summed E-state index contributed by atoms with van der Waals surface area (Å²) in [5.41, 5.74) is 1.20. The van der Waals surface area contributed by atoms with Gasteiger partial charge < -0.3 is 10.1 Å². The van der Waals surface area contributed by atoms with Crippen LogP contribution in [0.2, 0.25) is 0 Å². The van der Waals surface area contributed by atoms with Crippen molar-refractivity contribution in [2.24, 2.45) is 0 Å². The molecule has 1 saturated carbocycles. The number of amides is 2. The third kappa shape index (κ3) is 5.42. The Labute approximate surface area is 198 Å². The Morgan fingerprint density at radius 2 is 1.71 bits per heavy atom. The largest absolute Gasteiger partial charge is 0.497 e. The number of hydrogen-bond acceptors (Lipinski definition) is 4. The van der Waals surface area contributed by atoms with E-state index in [0.29, 0.717) is 17.0 Å². The number of ether oxygens (including phenoxy) is 1. The summed E-state index contributed by atoms with van der Waals surface area (Å²) in [4.78, 5) is 33.1. The minimum Gasteiger partial charge on any atom is -0.497 e. The molecule has 3 aromatic rings.